The fraction of sp³-hybridized carbons (Fsp3) is 0.238. The molecule has 0 spiro atoms. The summed E-state index contributed by atoms with van der Waals surface area (Å²) in [7, 11) is 0. The molecule has 1 aliphatic carbocycles. The topological polar surface area (TPSA) is 74.0 Å². The van der Waals surface area contributed by atoms with Gasteiger partial charge in [0.05, 0.1) is 11.2 Å². The molecule has 1 saturated carbocycles. The van der Waals surface area contributed by atoms with Crippen molar-refractivity contribution in [2.45, 2.75) is 32.7 Å². The van der Waals surface area contributed by atoms with Gasteiger partial charge in [0, 0.05) is 30.0 Å². The summed E-state index contributed by atoms with van der Waals surface area (Å²) in [6, 6.07) is 5.64. The number of aromatic nitrogens is 2. The molecule has 7 heteroatoms. The fourth-order valence-corrected chi connectivity index (χ4v) is 3.91. The summed E-state index contributed by atoms with van der Waals surface area (Å²) in [6.45, 7) is 3.50. The molecule has 142 valence electrons. The number of halogens is 2. The number of fused-ring (bicyclic) bond motifs is 3. The van der Waals surface area contributed by atoms with E-state index in [1.807, 2.05) is 0 Å². The number of nitrogens with zero attached hydrogens (tertiary/aromatic N) is 2. The van der Waals surface area contributed by atoms with Gasteiger partial charge in [-0.3, -0.25) is 4.79 Å². The highest BCUT2D eigenvalue weighted by atomic mass is 19.1. The molecule has 0 unspecified atom stereocenters. The van der Waals surface area contributed by atoms with Crippen molar-refractivity contribution in [3.05, 3.63) is 57.7 Å². The van der Waals surface area contributed by atoms with Crippen LogP contribution in [0.3, 0.4) is 0 Å². The van der Waals surface area contributed by atoms with Gasteiger partial charge in [-0.2, -0.15) is 0 Å². The third kappa shape index (κ3) is 2.28. The Bertz CT molecular complexity index is 1350. The Labute approximate surface area is 158 Å². The number of anilines is 1. The minimum absolute atomic E-state index is 0.0818. The molecule has 0 amide bonds. The molecule has 2 heterocycles. The Balaban J connectivity index is 1.92. The van der Waals surface area contributed by atoms with E-state index in [0.717, 1.165) is 30.4 Å². The standard InChI is InChI=1S/C21H17F2N3O2/c1-9-12(14-7-16(23)17(24)8-15(14)22)5-6-13-19(9)26(11-3-4-11)21(27)18-20(13)28-10(2)25-18/h5-8,11H,3-4,24H2,1-2H3. The first-order valence-electron chi connectivity index (χ1n) is 9.06. The Kier molecular flexibility index (Phi) is 3.41. The first-order chi connectivity index (χ1) is 13.4. The van der Waals surface area contributed by atoms with Crippen LogP contribution in [-0.4, -0.2) is 9.55 Å². The third-order valence-electron chi connectivity index (χ3n) is 5.36. The van der Waals surface area contributed by atoms with Crippen LogP contribution in [-0.2, 0) is 0 Å². The number of oxazole rings is 1. The van der Waals surface area contributed by atoms with Crippen LogP contribution >= 0.6 is 0 Å². The Morgan fingerprint density at radius 3 is 2.61 bits per heavy atom. The van der Waals surface area contributed by atoms with E-state index >= 15 is 0 Å². The lowest BCUT2D eigenvalue weighted by atomic mass is 9.96. The summed E-state index contributed by atoms with van der Waals surface area (Å²) in [5.41, 5.74) is 7.70. The first-order valence-corrected chi connectivity index (χ1v) is 9.06. The number of hydrogen-bond donors (Lipinski definition) is 1. The summed E-state index contributed by atoms with van der Waals surface area (Å²) in [5.74, 6) is -0.884. The van der Waals surface area contributed by atoms with Gasteiger partial charge in [-0.1, -0.05) is 6.07 Å². The van der Waals surface area contributed by atoms with Gasteiger partial charge in [0.1, 0.15) is 11.6 Å². The van der Waals surface area contributed by atoms with Crippen molar-refractivity contribution in [2.24, 2.45) is 0 Å². The summed E-state index contributed by atoms with van der Waals surface area (Å²) in [4.78, 5) is 17.3. The molecular weight excluding hydrogens is 364 g/mol. The van der Waals surface area contributed by atoms with Gasteiger partial charge in [-0.05, 0) is 43.0 Å². The number of nitrogens with two attached hydrogens (primary N) is 1. The quantitative estimate of drug-likeness (QED) is 0.514. The molecule has 5 rings (SSSR count). The average molecular weight is 381 g/mol. The van der Waals surface area contributed by atoms with Crippen LogP contribution in [0.25, 0.3) is 33.1 Å². The monoisotopic (exact) mass is 381 g/mol. The highest BCUT2D eigenvalue weighted by molar-refractivity contribution is 6.04. The maximum absolute atomic E-state index is 14.6. The predicted octanol–water partition coefficient (Wildman–Crippen LogP) is 4.62. The van der Waals surface area contributed by atoms with Gasteiger partial charge >= 0.3 is 0 Å². The van der Waals surface area contributed by atoms with Crippen LogP contribution in [0.15, 0.2) is 33.5 Å². The molecule has 2 aromatic heterocycles. The highest BCUT2D eigenvalue weighted by Gasteiger charge is 2.30. The second-order valence-corrected chi connectivity index (χ2v) is 7.30. The van der Waals surface area contributed by atoms with Crippen molar-refractivity contribution in [1.29, 1.82) is 0 Å². The van der Waals surface area contributed by atoms with Crippen molar-refractivity contribution >= 4 is 27.7 Å². The molecule has 0 atom stereocenters. The van der Waals surface area contributed by atoms with Gasteiger partial charge in [0.15, 0.2) is 17.0 Å². The molecule has 4 aromatic rings. The van der Waals surface area contributed by atoms with Crippen LogP contribution in [0, 0.1) is 25.5 Å². The summed E-state index contributed by atoms with van der Waals surface area (Å²) in [5, 5.41) is 0.736. The third-order valence-corrected chi connectivity index (χ3v) is 5.36. The van der Waals surface area contributed by atoms with E-state index in [-0.39, 0.29) is 22.9 Å². The lowest BCUT2D eigenvalue weighted by Crippen LogP contribution is -2.20. The van der Waals surface area contributed by atoms with Crippen molar-refractivity contribution in [1.82, 2.24) is 9.55 Å². The van der Waals surface area contributed by atoms with E-state index < -0.39 is 11.6 Å². The minimum atomic E-state index is -0.684. The number of aryl methyl sites for hydroxylation is 2. The SMILES string of the molecule is Cc1nc2c(=O)n(C3CC3)c3c(C)c(-c4cc(F)c(N)cc4F)ccc3c2o1. The molecule has 2 aromatic carbocycles. The normalized spacial score (nSPS) is 14.3. The summed E-state index contributed by atoms with van der Waals surface area (Å²) in [6.07, 6.45) is 1.79. The predicted molar refractivity (Wildman–Crippen MR) is 103 cm³/mol. The zero-order valence-electron chi connectivity index (χ0n) is 15.3. The molecule has 1 aliphatic rings. The smallest absolute Gasteiger partial charge is 0.281 e. The van der Waals surface area contributed by atoms with Crippen molar-refractivity contribution < 1.29 is 13.2 Å². The van der Waals surface area contributed by atoms with E-state index in [4.69, 9.17) is 10.2 Å². The molecule has 1 fully saturated rings. The van der Waals surface area contributed by atoms with Gasteiger partial charge in [0.2, 0.25) is 0 Å². The summed E-state index contributed by atoms with van der Waals surface area (Å²) < 4.78 is 36.0. The summed E-state index contributed by atoms with van der Waals surface area (Å²) >= 11 is 0. The minimum Gasteiger partial charge on any atom is -0.440 e. The van der Waals surface area contributed by atoms with E-state index in [2.05, 4.69) is 4.98 Å². The number of pyridine rings is 1. The van der Waals surface area contributed by atoms with E-state index in [1.165, 1.54) is 0 Å². The van der Waals surface area contributed by atoms with Gasteiger partial charge in [-0.25, -0.2) is 13.8 Å². The molecule has 2 N–H and O–H groups in total. The van der Waals surface area contributed by atoms with Gasteiger partial charge in [0.25, 0.3) is 5.56 Å². The molecule has 28 heavy (non-hydrogen) atoms. The van der Waals surface area contributed by atoms with E-state index in [0.29, 0.717) is 33.6 Å². The van der Waals surface area contributed by atoms with Crippen LogP contribution in [0.1, 0.15) is 30.3 Å². The fourth-order valence-electron chi connectivity index (χ4n) is 3.91. The Morgan fingerprint density at radius 2 is 1.89 bits per heavy atom. The molecule has 0 aliphatic heterocycles. The number of benzene rings is 2. The second-order valence-electron chi connectivity index (χ2n) is 7.30. The van der Waals surface area contributed by atoms with Crippen LogP contribution in [0.5, 0.6) is 0 Å². The Morgan fingerprint density at radius 1 is 1.14 bits per heavy atom. The lowest BCUT2D eigenvalue weighted by molar-refractivity contribution is 0.563. The molecule has 0 saturated heterocycles. The molecule has 5 nitrogen and oxygen atoms in total. The molecular formula is C21H17F2N3O2. The lowest BCUT2D eigenvalue weighted by Gasteiger charge is -2.16. The highest BCUT2D eigenvalue weighted by Crippen LogP contribution is 2.41. The van der Waals surface area contributed by atoms with Crippen molar-refractivity contribution in [2.75, 3.05) is 5.73 Å². The van der Waals surface area contributed by atoms with Crippen LogP contribution in [0.2, 0.25) is 0 Å². The van der Waals surface area contributed by atoms with E-state index in [1.54, 1.807) is 30.5 Å². The van der Waals surface area contributed by atoms with Crippen molar-refractivity contribution in [3.63, 3.8) is 0 Å². The van der Waals surface area contributed by atoms with Crippen molar-refractivity contribution in [3.8, 4) is 11.1 Å². The number of nitrogen functional groups attached to an aromatic ring is 1. The zero-order valence-corrected chi connectivity index (χ0v) is 15.3. The maximum Gasteiger partial charge on any atom is 0.281 e. The van der Waals surface area contributed by atoms with Crippen LogP contribution in [0.4, 0.5) is 14.5 Å². The zero-order chi connectivity index (χ0) is 19.7. The maximum atomic E-state index is 14.6. The number of hydrogen-bond acceptors (Lipinski definition) is 4. The van der Waals surface area contributed by atoms with Gasteiger partial charge in [-0.15, -0.1) is 0 Å². The first kappa shape index (κ1) is 16.9. The van der Waals surface area contributed by atoms with E-state index in [9.17, 15) is 13.6 Å². The van der Waals surface area contributed by atoms with Gasteiger partial charge < -0.3 is 14.7 Å². The molecule has 0 bridgehead atoms. The average Bonchev–Trinajstić information content (AvgIpc) is 3.40. The largest absolute Gasteiger partial charge is 0.440 e. The van der Waals surface area contributed by atoms with Crippen LogP contribution < -0.4 is 11.3 Å². The molecule has 0 radical (unpaired) electrons. The Hall–Kier alpha value is -3.22. The second kappa shape index (κ2) is 5.64. The number of rotatable bonds is 2.